The molecule has 25 heavy (non-hydrogen) atoms. The SMILES string of the molecule is CC(C)(C)OC(=O)N[C@@H]1CCCN(Cc2ccc(F)c(C(=O)O)c2)C1. The van der Waals surface area contributed by atoms with Crippen molar-refractivity contribution in [1.29, 1.82) is 0 Å². The smallest absolute Gasteiger partial charge is 0.407 e. The number of carboxylic acid groups (broad SMARTS) is 1. The molecule has 1 amide bonds. The molecule has 1 atom stereocenters. The van der Waals surface area contributed by atoms with Gasteiger partial charge in [0.2, 0.25) is 0 Å². The molecule has 1 aliphatic rings. The van der Waals surface area contributed by atoms with Crippen molar-refractivity contribution in [2.45, 2.75) is 51.8 Å². The van der Waals surface area contributed by atoms with E-state index in [4.69, 9.17) is 9.84 Å². The van der Waals surface area contributed by atoms with Gasteiger partial charge in [-0.1, -0.05) is 6.07 Å². The zero-order chi connectivity index (χ0) is 18.6. The first-order valence-electron chi connectivity index (χ1n) is 8.37. The van der Waals surface area contributed by atoms with Crippen LogP contribution in [0.1, 0.15) is 49.5 Å². The molecule has 138 valence electrons. The number of carbonyl (C=O) groups is 2. The Kier molecular flexibility index (Phi) is 6.00. The van der Waals surface area contributed by atoms with Crippen LogP contribution in [0.4, 0.5) is 9.18 Å². The van der Waals surface area contributed by atoms with Gasteiger partial charge in [-0.25, -0.2) is 14.0 Å². The van der Waals surface area contributed by atoms with E-state index in [2.05, 4.69) is 10.2 Å². The number of hydrogen-bond donors (Lipinski definition) is 2. The predicted molar refractivity (Wildman–Crippen MR) is 91.0 cm³/mol. The molecule has 1 fully saturated rings. The van der Waals surface area contributed by atoms with Gasteiger partial charge in [-0.05, 0) is 57.9 Å². The molecule has 6 nitrogen and oxygen atoms in total. The Morgan fingerprint density at radius 2 is 2.12 bits per heavy atom. The van der Waals surface area contributed by atoms with Gasteiger partial charge in [-0.2, -0.15) is 0 Å². The molecular weight excluding hydrogens is 327 g/mol. The van der Waals surface area contributed by atoms with E-state index in [0.29, 0.717) is 13.1 Å². The summed E-state index contributed by atoms with van der Waals surface area (Å²) >= 11 is 0. The highest BCUT2D eigenvalue weighted by molar-refractivity contribution is 5.88. The van der Waals surface area contributed by atoms with E-state index in [0.717, 1.165) is 24.9 Å². The number of rotatable bonds is 4. The number of alkyl carbamates (subject to hydrolysis) is 1. The van der Waals surface area contributed by atoms with Crippen molar-refractivity contribution in [2.75, 3.05) is 13.1 Å². The molecule has 2 N–H and O–H groups in total. The number of piperidine rings is 1. The fourth-order valence-electron chi connectivity index (χ4n) is 2.88. The summed E-state index contributed by atoms with van der Waals surface area (Å²) in [6, 6.07) is 4.11. The molecule has 0 bridgehead atoms. The summed E-state index contributed by atoms with van der Waals surface area (Å²) in [6.07, 6.45) is 1.33. The number of carbonyl (C=O) groups excluding carboxylic acids is 1. The highest BCUT2D eigenvalue weighted by atomic mass is 19.1. The third-order valence-corrected chi connectivity index (χ3v) is 3.89. The van der Waals surface area contributed by atoms with E-state index in [-0.39, 0.29) is 11.6 Å². The number of hydrogen-bond acceptors (Lipinski definition) is 4. The molecule has 0 radical (unpaired) electrons. The molecule has 0 unspecified atom stereocenters. The third kappa shape index (κ3) is 6.01. The Balaban J connectivity index is 1.94. The standard InChI is InChI=1S/C18H25FN2O4/c1-18(2,3)25-17(24)20-13-5-4-8-21(11-13)10-12-6-7-15(19)14(9-12)16(22)23/h6-7,9,13H,4-5,8,10-11H2,1-3H3,(H,20,24)(H,22,23)/t13-/m1/s1. The summed E-state index contributed by atoms with van der Waals surface area (Å²) in [6.45, 7) is 7.43. The first-order chi connectivity index (χ1) is 11.6. The third-order valence-electron chi connectivity index (χ3n) is 3.89. The highest BCUT2D eigenvalue weighted by Gasteiger charge is 2.24. The average molecular weight is 352 g/mol. The normalized spacial score (nSPS) is 18.6. The molecule has 0 saturated carbocycles. The van der Waals surface area contributed by atoms with Crippen molar-refractivity contribution in [2.24, 2.45) is 0 Å². The summed E-state index contributed by atoms with van der Waals surface area (Å²) in [5.74, 6) is -2.01. The average Bonchev–Trinajstić information content (AvgIpc) is 2.47. The van der Waals surface area contributed by atoms with Crippen LogP contribution in [0.15, 0.2) is 18.2 Å². The van der Waals surface area contributed by atoms with E-state index < -0.39 is 23.5 Å². The topological polar surface area (TPSA) is 78.9 Å². The summed E-state index contributed by atoms with van der Waals surface area (Å²) in [5.41, 5.74) is -0.130. The van der Waals surface area contributed by atoms with Gasteiger partial charge in [-0.15, -0.1) is 0 Å². The summed E-state index contributed by atoms with van der Waals surface area (Å²) in [4.78, 5) is 25.0. The van der Waals surface area contributed by atoms with Gasteiger partial charge in [0.25, 0.3) is 0 Å². The Hall–Kier alpha value is -2.15. The van der Waals surface area contributed by atoms with Crippen molar-refractivity contribution in [3.05, 3.63) is 35.1 Å². The molecule has 1 saturated heterocycles. The Labute approximate surface area is 147 Å². The lowest BCUT2D eigenvalue weighted by Gasteiger charge is -2.33. The summed E-state index contributed by atoms with van der Waals surface area (Å²) < 4.78 is 18.8. The van der Waals surface area contributed by atoms with Gasteiger partial charge in [0.15, 0.2) is 0 Å². The zero-order valence-corrected chi connectivity index (χ0v) is 14.8. The second kappa shape index (κ2) is 7.82. The Morgan fingerprint density at radius 3 is 2.76 bits per heavy atom. The van der Waals surface area contributed by atoms with Crippen LogP contribution in [0.5, 0.6) is 0 Å². The summed E-state index contributed by atoms with van der Waals surface area (Å²) in [7, 11) is 0. The summed E-state index contributed by atoms with van der Waals surface area (Å²) in [5, 5.41) is 11.9. The van der Waals surface area contributed by atoms with E-state index in [1.807, 2.05) is 20.8 Å². The number of benzene rings is 1. The zero-order valence-electron chi connectivity index (χ0n) is 14.8. The number of carboxylic acids is 1. The highest BCUT2D eigenvalue weighted by Crippen LogP contribution is 2.17. The van der Waals surface area contributed by atoms with Crippen molar-refractivity contribution < 1.29 is 23.8 Å². The minimum Gasteiger partial charge on any atom is -0.478 e. The minimum atomic E-state index is -1.28. The molecule has 0 aliphatic carbocycles. The predicted octanol–water partition coefficient (Wildman–Crippen LogP) is 3.01. The van der Waals surface area contributed by atoms with Gasteiger partial charge in [0.05, 0.1) is 5.56 Å². The Bertz CT molecular complexity index is 642. The number of amides is 1. The number of nitrogens with one attached hydrogen (secondary N) is 1. The maximum Gasteiger partial charge on any atom is 0.407 e. The molecule has 1 aromatic carbocycles. The fraction of sp³-hybridized carbons (Fsp3) is 0.556. The number of nitrogens with zero attached hydrogens (tertiary/aromatic N) is 1. The van der Waals surface area contributed by atoms with Gasteiger partial charge >= 0.3 is 12.1 Å². The lowest BCUT2D eigenvalue weighted by Crippen LogP contribution is -2.48. The van der Waals surface area contributed by atoms with Gasteiger partial charge < -0.3 is 15.2 Å². The van der Waals surface area contributed by atoms with E-state index in [1.54, 1.807) is 6.07 Å². The largest absolute Gasteiger partial charge is 0.478 e. The maximum atomic E-state index is 13.5. The molecule has 1 aromatic rings. The molecular formula is C18H25FN2O4. The van der Waals surface area contributed by atoms with Crippen molar-refractivity contribution in [3.8, 4) is 0 Å². The van der Waals surface area contributed by atoms with E-state index in [9.17, 15) is 14.0 Å². The monoisotopic (exact) mass is 352 g/mol. The van der Waals surface area contributed by atoms with Crippen LogP contribution in [0, 0.1) is 5.82 Å². The molecule has 0 aromatic heterocycles. The van der Waals surface area contributed by atoms with Crippen LogP contribution in [0.2, 0.25) is 0 Å². The van der Waals surface area contributed by atoms with Crippen LogP contribution < -0.4 is 5.32 Å². The fourth-order valence-corrected chi connectivity index (χ4v) is 2.88. The quantitative estimate of drug-likeness (QED) is 0.871. The van der Waals surface area contributed by atoms with Gasteiger partial charge in [0.1, 0.15) is 11.4 Å². The van der Waals surface area contributed by atoms with Crippen LogP contribution in [-0.2, 0) is 11.3 Å². The molecule has 1 aliphatic heterocycles. The Morgan fingerprint density at radius 1 is 1.40 bits per heavy atom. The van der Waals surface area contributed by atoms with Crippen molar-refractivity contribution >= 4 is 12.1 Å². The second-order valence-corrected chi connectivity index (χ2v) is 7.34. The number of likely N-dealkylation sites (tertiary alicyclic amines) is 1. The molecule has 1 heterocycles. The van der Waals surface area contributed by atoms with Crippen molar-refractivity contribution in [3.63, 3.8) is 0 Å². The number of aromatic carboxylic acids is 1. The maximum absolute atomic E-state index is 13.5. The first-order valence-corrected chi connectivity index (χ1v) is 8.37. The van der Waals surface area contributed by atoms with E-state index >= 15 is 0 Å². The lowest BCUT2D eigenvalue weighted by molar-refractivity contribution is 0.0469. The minimum absolute atomic E-state index is 0.0250. The molecule has 7 heteroatoms. The van der Waals surface area contributed by atoms with Crippen molar-refractivity contribution in [1.82, 2.24) is 10.2 Å². The number of halogens is 1. The van der Waals surface area contributed by atoms with Crippen LogP contribution in [0.3, 0.4) is 0 Å². The van der Waals surface area contributed by atoms with Crippen LogP contribution >= 0.6 is 0 Å². The van der Waals surface area contributed by atoms with E-state index in [1.165, 1.54) is 12.1 Å². The van der Waals surface area contributed by atoms with Gasteiger partial charge in [-0.3, -0.25) is 4.90 Å². The van der Waals surface area contributed by atoms with Crippen LogP contribution in [-0.4, -0.2) is 46.8 Å². The molecule has 2 rings (SSSR count). The second-order valence-electron chi connectivity index (χ2n) is 7.34. The van der Waals surface area contributed by atoms with Crippen LogP contribution in [0.25, 0.3) is 0 Å². The van der Waals surface area contributed by atoms with Gasteiger partial charge in [0, 0.05) is 19.1 Å². The number of ether oxygens (including phenoxy) is 1. The molecule has 0 spiro atoms. The first kappa shape index (κ1) is 19.2. The lowest BCUT2D eigenvalue weighted by atomic mass is 10.0.